The van der Waals surface area contributed by atoms with Crippen molar-refractivity contribution in [2.45, 2.75) is 102 Å². The van der Waals surface area contributed by atoms with E-state index < -0.39 is 78.4 Å². The van der Waals surface area contributed by atoms with Gasteiger partial charge in [0.1, 0.15) is 36.3 Å². The lowest BCUT2D eigenvalue weighted by molar-refractivity contribution is -0.149. The topological polar surface area (TPSA) is 246 Å². The number of nitrogens with two attached hydrogens (primary N) is 2. The van der Waals surface area contributed by atoms with Crippen molar-refractivity contribution in [1.29, 1.82) is 0 Å². The molecule has 0 aliphatic carbocycles. The van der Waals surface area contributed by atoms with E-state index in [1.54, 1.807) is 0 Å². The number of aliphatic hydroxyl groups is 1. The molecule has 0 spiro atoms. The van der Waals surface area contributed by atoms with Gasteiger partial charge < -0.3 is 47.8 Å². The summed E-state index contributed by atoms with van der Waals surface area (Å²) in [5.41, 5.74) is 11.1. The molecule has 0 unspecified atom stereocenters. The Kier molecular flexibility index (Phi) is 15.2. The van der Waals surface area contributed by atoms with E-state index in [-0.39, 0.29) is 25.3 Å². The number of likely N-dealkylation sites (tertiary alicyclic amines) is 1. The molecule has 0 aromatic rings. The Hall–Kier alpha value is -3.30. The molecular weight excluding hydrogens is 538 g/mol. The minimum Gasteiger partial charge on any atom is -0.480 e. The number of rotatable bonds is 17. The minimum atomic E-state index is -1.21. The molecule has 0 radical (unpaired) electrons. The number of nitrogens with zero attached hydrogens (tertiary/aromatic N) is 1. The highest BCUT2D eigenvalue weighted by Gasteiger charge is 2.37. The van der Waals surface area contributed by atoms with Gasteiger partial charge in [0.25, 0.3) is 0 Å². The average molecular weight is 586 g/mol. The summed E-state index contributed by atoms with van der Waals surface area (Å²) >= 11 is 0. The molecule has 0 bridgehead atoms. The van der Waals surface area contributed by atoms with Crippen LogP contribution in [0.15, 0.2) is 0 Å². The van der Waals surface area contributed by atoms with Crippen molar-refractivity contribution in [2.24, 2.45) is 17.4 Å². The van der Waals surface area contributed by atoms with Crippen molar-refractivity contribution < 1.29 is 39.0 Å². The highest BCUT2D eigenvalue weighted by molar-refractivity contribution is 5.96. The predicted octanol–water partition coefficient (Wildman–Crippen LogP) is -2.46. The van der Waals surface area contributed by atoms with E-state index >= 15 is 0 Å². The normalized spacial score (nSPS) is 18.5. The lowest BCUT2D eigenvalue weighted by Gasteiger charge is -2.27. The molecule has 0 aromatic heterocycles. The van der Waals surface area contributed by atoms with Crippen LogP contribution in [0.25, 0.3) is 0 Å². The van der Waals surface area contributed by atoms with Gasteiger partial charge >= 0.3 is 5.97 Å². The third kappa shape index (κ3) is 11.6. The van der Waals surface area contributed by atoms with Crippen LogP contribution < -0.4 is 32.7 Å². The minimum absolute atomic E-state index is 0.000623. The smallest absolute Gasteiger partial charge is 0.326 e. The number of hydrogen-bond donors (Lipinski definition) is 8. The van der Waals surface area contributed by atoms with E-state index in [0.29, 0.717) is 32.2 Å². The maximum Gasteiger partial charge on any atom is 0.326 e. The maximum atomic E-state index is 13.1. The van der Waals surface area contributed by atoms with Crippen LogP contribution in [0.3, 0.4) is 0 Å². The van der Waals surface area contributed by atoms with Gasteiger partial charge in [-0.05, 0) is 64.8 Å². The molecule has 1 aliphatic rings. The van der Waals surface area contributed by atoms with Gasteiger partial charge in [0.05, 0.1) is 6.61 Å². The summed E-state index contributed by atoms with van der Waals surface area (Å²) in [5, 5.41) is 28.7. The van der Waals surface area contributed by atoms with Gasteiger partial charge in [0, 0.05) is 6.54 Å². The van der Waals surface area contributed by atoms with Crippen molar-refractivity contribution >= 4 is 35.5 Å². The zero-order valence-corrected chi connectivity index (χ0v) is 24.4. The first kappa shape index (κ1) is 35.7. The molecule has 10 N–H and O–H groups in total. The molecule has 5 amide bonds. The standard InChI is InChI=1S/C26H47N7O8/c1-14(2)12-19(32-22(36)17(28)13-34)24(38)31-18(8-5-6-10-27)23(37)29-15(3)21(35)30-16(4)25(39)33-11-7-9-20(33)26(40)41/h14-20,34H,5-13,27-28H2,1-4H3,(H,29,37)(H,30,35)(H,31,38)(H,32,36)(H,40,41)/t15-,16-,17-,18-,19-,20-/m0/s1. The van der Waals surface area contributed by atoms with Gasteiger partial charge in [-0.3, -0.25) is 24.0 Å². The fraction of sp³-hybridized carbons (Fsp3) is 0.769. The molecule has 1 rings (SSSR count). The molecule has 41 heavy (non-hydrogen) atoms. The van der Waals surface area contributed by atoms with Gasteiger partial charge in [-0.25, -0.2) is 4.79 Å². The number of amides is 5. The fourth-order valence-electron chi connectivity index (χ4n) is 4.41. The summed E-state index contributed by atoms with van der Waals surface area (Å²) in [5.74, 6) is -4.29. The van der Waals surface area contributed by atoms with Crippen LogP contribution in [-0.4, -0.2) is 107 Å². The number of carbonyl (C=O) groups is 6. The zero-order valence-electron chi connectivity index (χ0n) is 24.4. The van der Waals surface area contributed by atoms with E-state index in [4.69, 9.17) is 16.6 Å². The Morgan fingerprint density at radius 3 is 2.00 bits per heavy atom. The number of carboxylic acids is 1. The Bertz CT molecular complexity index is 932. The Morgan fingerprint density at radius 1 is 0.854 bits per heavy atom. The van der Waals surface area contributed by atoms with E-state index in [1.807, 2.05) is 13.8 Å². The zero-order chi connectivity index (χ0) is 31.3. The van der Waals surface area contributed by atoms with Crippen LogP contribution in [0.5, 0.6) is 0 Å². The number of aliphatic hydroxyl groups excluding tert-OH is 1. The van der Waals surface area contributed by atoms with Crippen molar-refractivity contribution in [1.82, 2.24) is 26.2 Å². The number of carbonyl (C=O) groups excluding carboxylic acids is 5. The summed E-state index contributed by atoms with van der Waals surface area (Å²) in [6.07, 6.45) is 2.42. The molecule has 0 saturated carbocycles. The first-order chi connectivity index (χ1) is 19.2. The third-order valence-corrected chi connectivity index (χ3v) is 6.76. The van der Waals surface area contributed by atoms with Crippen LogP contribution in [0.4, 0.5) is 0 Å². The van der Waals surface area contributed by atoms with Gasteiger partial charge in [0.2, 0.25) is 29.5 Å². The number of unbranched alkanes of at least 4 members (excludes halogenated alkanes) is 1. The SMILES string of the molecule is CC(C)C[C@H](NC(=O)[C@@H](N)CO)C(=O)N[C@@H](CCCCN)C(=O)N[C@@H](C)C(=O)N[C@@H](C)C(=O)N1CCC[C@H]1C(=O)O. The van der Waals surface area contributed by atoms with Crippen molar-refractivity contribution in [2.75, 3.05) is 19.7 Å². The van der Waals surface area contributed by atoms with Gasteiger partial charge in [-0.1, -0.05) is 13.8 Å². The summed E-state index contributed by atoms with van der Waals surface area (Å²) in [7, 11) is 0. The second-order valence-electron chi connectivity index (χ2n) is 10.8. The highest BCUT2D eigenvalue weighted by Crippen LogP contribution is 2.18. The Balaban J connectivity index is 2.89. The van der Waals surface area contributed by atoms with Crippen LogP contribution in [0.2, 0.25) is 0 Å². The lowest BCUT2D eigenvalue weighted by atomic mass is 10.0. The van der Waals surface area contributed by atoms with Crippen LogP contribution in [0.1, 0.15) is 66.2 Å². The van der Waals surface area contributed by atoms with E-state index in [9.17, 15) is 33.9 Å². The third-order valence-electron chi connectivity index (χ3n) is 6.76. The maximum absolute atomic E-state index is 13.1. The summed E-state index contributed by atoms with van der Waals surface area (Å²) < 4.78 is 0. The van der Waals surface area contributed by atoms with Gasteiger partial charge in [-0.15, -0.1) is 0 Å². The Morgan fingerprint density at radius 2 is 1.44 bits per heavy atom. The first-order valence-corrected chi connectivity index (χ1v) is 14.0. The second-order valence-corrected chi connectivity index (χ2v) is 10.8. The van der Waals surface area contributed by atoms with Gasteiger partial charge in [0.15, 0.2) is 0 Å². The van der Waals surface area contributed by atoms with Crippen LogP contribution >= 0.6 is 0 Å². The molecule has 1 heterocycles. The first-order valence-electron chi connectivity index (χ1n) is 14.0. The number of hydrogen-bond acceptors (Lipinski definition) is 9. The average Bonchev–Trinajstić information content (AvgIpc) is 3.41. The molecular formula is C26H47N7O8. The van der Waals surface area contributed by atoms with Crippen molar-refractivity contribution in [3.05, 3.63) is 0 Å². The molecule has 15 heteroatoms. The largest absolute Gasteiger partial charge is 0.480 e. The summed E-state index contributed by atoms with van der Waals surface area (Å²) in [6, 6.07) is -6.34. The van der Waals surface area contributed by atoms with Crippen LogP contribution in [0, 0.1) is 5.92 Å². The molecule has 234 valence electrons. The molecule has 1 fully saturated rings. The van der Waals surface area contributed by atoms with E-state index in [2.05, 4.69) is 21.3 Å². The fourth-order valence-corrected chi connectivity index (χ4v) is 4.41. The predicted molar refractivity (Wildman–Crippen MR) is 149 cm³/mol. The van der Waals surface area contributed by atoms with Crippen LogP contribution in [-0.2, 0) is 28.8 Å². The quantitative estimate of drug-likeness (QED) is 0.0836. The monoisotopic (exact) mass is 585 g/mol. The molecule has 6 atom stereocenters. The van der Waals surface area contributed by atoms with E-state index in [0.717, 1.165) is 0 Å². The van der Waals surface area contributed by atoms with E-state index in [1.165, 1.54) is 18.7 Å². The number of nitrogens with one attached hydrogen (secondary N) is 4. The lowest BCUT2D eigenvalue weighted by Crippen LogP contribution is -2.58. The van der Waals surface area contributed by atoms with Gasteiger partial charge in [-0.2, -0.15) is 0 Å². The number of carboxylic acid groups (broad SMARTS) is 1. The van der Waals surface area contributed by atoms with Crippen molar-refractivity contribution in [3.8, 4) is 0 Å². The van der Waals surface area contributed by atoms with Crippen molar-refractivity contribution in [3.63, 3.8) is 0 Å². The molecule has 15 nitrogen and oxygen atoms in total. The molecule has 1 aliphatic heterocycles. The second kappa shape index (κ2) is 17.5. The summed E-state index contributed by atoms with van der Waals surface area (Å²) in [6.45, 7) is 6.59. The Labute approximate surface area is 240 Å². The molecule has 1 saturated heterocycles. The highest BCUT2D eigenvalue weighted by atomic mass is 16.4. The summed E-state index contributed by atoms with van der Waals surface area (Å²) in [4.78, 5) is 76.6. The molecule has 0 aromatic carbocycles. The number of aliphatic carboxylic acids is 1.